The summed E-state index contributed by atoms with van der Waals surface area (Å²) in [6.45, 7) is 0. The van der Waals surface area contributed by atoms with Crippen molar-refractivity contribution in [1.82, 2.24) is 16.3 Å². The zero-order valence-electron chi connectivity index (χ0n) is 13.8. The average molecular weight is 389 g/mol. The van der Waals surface area contributed by atoms with Crippen molar-refractivity contribution in [3.63, 3.8) is 0 Å². The SMILES string of the molecule is O=C(N/N=C/C=C/c1ccccc1)C1CC(c2cc(Cl)cc(Cl)c2)NN1. The van der Waals surface area contributed by atoms with E-state index in [1.807, 2.05) is 48.5 Å². The molecule has 1 aliphatic heterocycles. The van der Waals surface area contributed by atoms with Crippen molar-refractivity contribution in [1.29, 1.82) is 0 Å². The molecule has 2 atom stereocenters. The third-order valence-electron chi connectivity index (χ3n) is 3.93. The third-order valence-corrected chi connectivity index (χ3v) is 4.37. The topological polar surface area (TPSA) is 65.5 Å². The lowest BCUT2D eigenvalue weighted by molar-refractivity contribution is -0.122. The summed E-state index contributed by atoms with van der Waals surface area (Å²) in [4.78, 5) is 12.2. The standard InChI is InChI=1S/C19H18Cl2N4O/c20-15-9-14(10-16(21)11-15)17-12-18(24-23-17)19(26)25-22-8-4-7-13-5-2-1-3-6-13/h1-11,17-18,23-24H,12H2,(H,25,26)/b7-4+,22-8+. The van der Waals surface area contributed by atoms with Gasteiger partial charge in [-0.15, -0.1) is 0 Å². The summed E-state index contributed by atoms with van der Waals surface area (Å²) in [5.74, 6) is -0.211. The van der Waals surface area contributed by atoms with Crippen LogP contribution in [0.5, 0.6) is 0 Å². The molecule has 5 nitrogen and oxygen atoms in total. The molecule has 0 aromatic heterocycles. The number of carbonyl (C=O) groups excluding carboxylic acids is 1. The molecule has 0 radical (unpaired) electrons. The molecule has 134 valence electrons. The van der Waals surface area contributed by atoms with Gasteiger partial charge in [0.05, 0.1) is 0 Å². The number of rotatable bonds is 5. The molecule has 1 saturated heterocycles. The van der Waals surface area contributed by atoms with Gasteiger partial charge in [0.2, 0.25) is 0 Å². The normalized spacial score (nSPS) is 20.1. The first kappa shape index (κ1) is 18.6. The molecule has 0 aliphatic carbocycles. The monoisotopic (exact) mass is 388 g/mol. The smallest absolute Gasteiger partial charge is 0.258 e. The lowest BCUT2D eigenvalue weighted by atomic mass is 10.0. The maximum absolute atomic E-state index is 12.2. The van der Waals surface area contributed by atoms with Crippen LogP contribution in [0.25, 0.3) is 6.08 Å². The van der Waals surface area contributed by atoms with Crippen LogP contribution in [0.2, 0.25) is 10.0 Å². The number of nitrogens with one attached hydrogen (secondary N) is 3. The highest BCUT2D eigenvalue weighted by atomic mass is 35.5. The summed E-state index contributed by atoms with van der Waals surface area (Å²) in [5.41, 5.74) is 10.6. The third kappa shape index (κ3) is 5.16. The van der Waals surface area contributed by atoms with Crippen LogP contribution in [0.1, 0.15) is 23.6 Å². The number of hydrogen-bond acceptors (Lipinski definition) is 4. The van der Waals surface area contributed by atoms with Crippen molar-refractivity contribution in [3.05, 3.63) is 75.8 Å². The Bertz CT molecular complexity index is 803. The Balaban J connectivity index is 1.50. The van der Waals surface area contributed by atoms with E-state index in [4.69, 9.17) is 23.2 Å². The highest BCUT2D eigenvalue weighted by Crippen LogP contribution is 2.27. The minimum absolute atomic E-state index is 0.0519. The first-order valence-corrected chi connectivity index (χ1v) is 8.89. The molecule has 0 saturated carbocycles. The molecule has 1 heterocycles. The maximum atomic E-state index is 12.2. The summed E-state index contributed by atoms with van der Waals surface area (Å²) in [6, 6.07) is 14.7. The van der Waals surface area contributed by atoms with Crippen molar-refractivity contribution in [2.45, 2.75) is 18.5 Å². The van der Waals surface area contributed by atoms with Crippen LogP contribution in [0.3, 0.4) is 0 Å². The van der Waals surface area contributed by atoms with Crippen LogP contribution in [0.15, 0.2) is 59.7 Å². The minimum Gasteiger partial charge on any atom is -0.271 e. The van der Waals surface area contributed by atoms with Crippen LogP contribution >= 0.6 is 23.2 Å². The number of nitrogens with zero attached hydrogens (tertiary/aromatic N) is 1. The van der Waals surface area contributed by atoms with E-state index in [1.54, 1.807) is 18.4 Å². The Morgan fingerprint density at radius 2 is 1.85 bits per heavy atom. The predicted molar refractivity (Wildman–Crippen MR) is 106 cm³/mol. The second-order valence-corrected chi connectivity index (χ2v) is 6.73. The first-order chi connectivity index (χ1) is 12.6. The van der Waals surface area contributed by atoms with Crippen LogP contribution in [-0.2, 0) is 4.79 Å². The van der Waals surface area contributed by atoms with Gasteiger partial charge in [0.25, 0.3) is 5.91 Å². The Labute approximate surface area is 162 Å². The Hall–Kier alpha value is -2.18. The van der Waals surface area contributed by atoms with Crippen LogP contribution in [0, 0.1) is 0 Å². The zero-order chi connectivity index (χ0) is 18.4. The van der Waals surface area contributed by atoms with Gasteiger partial charge < -0.3 is 0 Å². The summed E-state index contributed by atoms with van der Waals surface area (Å²) in [7, 11) is 0. The Morgan fingerprint density at radius 3 is 2.58 bits per heavy atom. The summed E-state index contributed by atoms with van der Waals surface area (Å²) in [5, 5.41) is 5.07. The second-order valence-electron chi connectivity index (χ2n) is 5.86. The van der Waals surface area contributed by atoms with E-state index < -0.39 is 6.04 Å². The van der Waals surface area contributed by atoms with Gasteiger partial charge in [-0.05, 0) is 41.8 Å². The van der Waals surface area contributed by atoms with E-state index in [0.29, 0.717) is 16.5 Å². The summed E-state index contributed by atoms with van der Waals surface area (Å²) >= 11 is 12.1. The molecular formula is C19H18Cl2N4O. The van der Waals surface area contributed by atoms with Gasteiger partial charge in [-0.2, -0.15) is 5.10 Å². The van der Waals surface area contributed by atoms with Crippen LogP contribution in [0.4, 0.5) is 0 Å². The van der Waals surface area contributed by atoms with Crippen molar-refractivity contribution in [3.8, 4) is 0 Å². The van der Waals surface area contributed by atoms with Gasteiger partial charge >= 0.3 is 0 Å². The fourth-order valence-corrected chi connectivity index (χ4v) is 3.21. The van der Waals surface area contributed by atoms with E-state index >= 15 is 0 Å². The number of allylic oxidation sites excluding steroid dienone is 1. The van der Waals surface area contributed by atoms with Crippen molar-refractivity contribution >= 4 is 41.4 Å². The lowest BCUT2D eigenvalue weighted by Gasteiger charge is -2.10. The summed E-state index contributed by atoms with van der Waals surface area (Å²) < 4.78 is 0. The van der Waals surface area contributed by atoms with Gasteiger partial charge in [-0.25, -0.2) is 16.3 Å². The molecule has 0 spiro atoms. The van der Waals surface area contributed by atoms with Crippen molar-refractivity contribution < 1.29 is 4.79 Å². The number of amides is 1. The number of hydrazine groups is 1. The molecule has 2 unspecified atom stereocenters. The molecule has 2 aromatic carbocycles. The molecular weight excluding hydrogens is 371 g/mol. The molecule has 2 aromatic rings. The van der Waals surface area contributed by atoms with Gasteiger partial charge in [-0.3, -0.25) is 4.79 Å². The van der Waals surface area contributed by atoms with E-state index in [-0.39, 0.29) is 11.9 Å². The Kier molecular flexibility index (Phi) is 6.41. The molecule has 26 heavy (non-hydrogen) atoms. The second kappa shape index (κ2) is 8.96. The quantitative estimate of drug-likeness (QED) is 0.540. The number of carbonyl (C=O) groups is 1. The molecule has 1 aliphatic rings. The van der Waals surface area contributed by atoms with E-state index in [2.05, 4.69) is 21.4 Å². The van der Waals surface area contributed by atoms with E-state index in [9.17, 15) is 4.79 Å². The van der Waals surface area contributed by atoms with E-state index in [0.717, 1.165) is 11.1 Å². The Morgan fingerprint density at radius 1 is 1.12 bits per heavy atom. The molecule has 7 heteroatoms. The van der Waals surface area contributed by atoms with Crippen LogP contribution < -0.4 is 16.3 Å². The van der Waals surface area contributed by atoms with Gasteiger partial charge in [0.15, 0.2) is 0 Å². The largest absolute Gasteiger partial charge is 0.271 e. The van der Waals surface area contributed by atoms with Crippen LogP contribution in [-0.4, -0.2) is 18.2 Å². The molecule has 1 amide bonds. The van der Waals surface area contributed by atoms with Gasteiger partial charge in [0.1, 0.15) is 6.04 Å². The first-order valence-electron chi connectivity index (χ1n) is 8.13. The fraction of sp³-hybridized carbons (Fsp3) is 0.158. The number of halogens is 2. The number of hydrazone groups is 1. The highest BCUT2D eigenvalue weighted by molar-refractivity contribution is 6.34. The average Bonchev–Trinajstić information content (AvgIpc) is 3.12. The fourth-order valence-electron chi connectivity index (χ4n) is 2.66. The van der Waals surface area contributed by atoms with Gasteiger partial charge in [-0.1, -0.05) is 59.6 Å². The highest BCUT2D eigenvalue weighted by Gasteiger charge is 2.30. The predicted octanol–water partition coefficient (Wildman–Crippen LogP) is 3.72. The molecule has 1 fully saturated rings. The zero-order valence-corrected chi connectivity index (χ0v) is 15.3. The number of hydrogen-bond donors (Lipinski definition) is 3. The van der Waals surface area contributed by atoms with Crippen molar-refractivity contribution in [2.75, 3.05) is 0 Å². The number of benzene rings is 2. The van der Waals surface area contributed by atoms with Gasteiger partial charge in [0, 0.05) is 22.3 Å². The van der Waals surface area contributed by atoms with E-state index in [1.165, 1.54) is 0 Å². The molecule has 3 N–H and O–H groups in total. The lowest BCUT2D eigenvalue weighted by Crippen LogP contribution is -2.41. The molecule has 3 rings (SSSR count). The minimum atomic E-state index is -0.395. The molecule has 0 bridgehead atoms. The van der Waals surface area contributed by atoms with Crippen molar-refractivity contribution in [2.24, 2.45) is 5.10 Å². The maximum Gasteiger partial charge on any atom is 0.258 e. The summed E-state index contributed by atoms with van der Waals surface area (Å²) in [6.07, 6.45) is 5.79.